The van der Waals surface area contributed by atoms with Gasteiger partial charge in [0.2, 0.25) is 5.91 Å². The van der Waals surface area contributed by atoms with E-state index in [9.17, 15) is 9.90 Å². The number of rotatable bonds is 2. The van der Waals surface area contributed by atoms with Gasteiger partial charge in [0.1, 0.15) is 0 Å². The minimum Gasteiger partial charge on any atom is -0.392 e. The molecule has 1 atom stereocenters. The van der Waals surface area contributed by atoms with Crippen LogP contribution in [0.1, 0.15) is 6.92 Å². The molecule has 1 aromatic rings. The van der Waals surface area contributed by atoms with Crippen LogP contribution in [-0.2, 0) is 4.79 Å². The molecule has 16 heavy (non-hydrogen) atoms. The quantitative estimate of drug-likeness (QED) is 0.823. The highest BCUT2D eigenvalue weighted by atomic mass is 35.5. The molecular weight excluding hydrogens is 228 g/mol. The maximum atomic E-state index is 11.5. The first-order valence-corrected chi connectivity index (χ1v) is 5.47. The lowest BCUT2D eigenvalue weighted by Crippen LogP contribution is -2.41. The number of para-hydroxylation sites is 1. The van der Waals surface area contributed by atoms with Gasteiger partial charge in [0, 0.05) is 6.54 Å². The number of hydrogen-bond acceptors (Lipinski definition) is 3. The fraction of sp³-hybridized carbons (Fsp3) is 0.364. The van der Waals surface area contributed by atoms with Gasteiger partial charge in [-0.2, -0.15) is 0 Å². The molecule has 0 bridgehead atoms. The number of β-amino-alcohol motifs (C(OH)–C–C–N with tert-alkyl or cyclic N) is 1. The van der Waals surface area contributed by atoms with Crippen LogP contribution in [0.2, 0.25) is 5.02 Å². The number of aliphatic hydroxyl groups is 1. The second-order valence-electron chi connectivity index (χ2n) is 3.91. The van der Waals surface area contributed by atoms with E-state index < -0.39 is 6.10 Å². The van der Waals surface area contributed by atoms with Crippen molar-refractivity contribution in [3.63, 3.8) is 0 Å². The van der Waals surface area contributed by atoms with Crippen molar-refractivity contribution in [1.82, 2.24) is 0 Å². The fourth-order valence-corrected chi connectivity index (χ4v) is 2.15. The third-order valence-corrected chi connectivity index (χ3v) is 2.70. The van der Waals surface area contributed by atoms with E-state index in [0.29, 0.717) is 17.3 Å². The van der Waals surface area contributed by atoms with Crippen LogP contribution in [0.25, 0.3) is 0 Å². The highest BCUT2D eigenvalue weighted by molar-refractivity contribution is 6.34. The van der Waals surface area contributed by atoms with E-state index in [1.165, 1.54) is 0 Å². The zero-order valence-electron chi connectivity index (χ0n) is 8.90. The summed E-state index contributed by atoms with van der Waals surface area (Å²) in [5.74, 6) is -0.0876. The number of aliphatic hydroxyl groups excluding tert-OH is 1. The predicted molar refractivity (Wildman–Crippen MR) is 64.0 cm³/mol. The molecule has 5 heteroatoms. The van der Waals surface area contributed by atoms with E-state index in [0.717, 1.165) is 5.69 Å². The van der Waals surface area contributed by atoms with E-state index in [4.69, 9.17) is 11.6 Å². The van der Waals surface area contributed by atoms with E-state index in [1.54, 1.807) is 30.0 Å². The number of nitrogens with zero attached hydrogens (tertiary/aromatic N) is 1. The van der Waals surface area contributed by atoms with Gasteiger partial charge in [-0.1, -0.05) is 17.7 Å². The Balaban J connectivity index is 2.39. The molecule has 0 radical (unpaired) electrons. The van der Waals surface area contributed by atoms with Crippen molar-refractivity contribution in [2.24, 2.45) is 0 Å². The number of hydrogen-bond donors (Lipinski definition) is 2. The zero-order valence-corrected chi connectivity index (χ0v) is 9.66. The van der Waals surface area contributed by atoms with E-state index in [1.807, 2.05) is 0 Å². The highest BCUT2D eigenvalue weighted by Crippen LogP contribution is 2.36. The van der Waals surface area contributed by atoms with Gasteiger partial charge in [0.05, 0.1) is 29.0 Å². The van der Waals surface area contributed by atoms with Crippen molar-refractivity contribution in [2.45, 2.75) is 13.0 Å². The van der Waals surface area contributed by atoms with Crippen LogP contribution in [0.4, 0.5) is 11.4 Å². The topological polar surface area (TPSA) is 52.6 Å². The molecule has 0 spiro atoms. The third-order valence-electron chi connectivity index (χ3n) is 2.40. The van der Waals surface area contributed by atoms with Gasteiger partial charge in [-0.3, -0.25) is 4.79 Å². The van der Waals surface area contributed by atoms with Gasteiger partial charge in [-0.05, 0) is 19.1 Å². The van der Waals surface area contributed by atoms with Crippen LogP contribution in [0.5, 0.6) is 0 Å². The Kier molecular flexibility index (Phi) is 3.03. The van der Waals surface area contributed by atoms with Crippen LogP contribution >= 0.6 is 11.6 Å². The third kappa shape index (κ3) is 2.13. The molecule has 0 saturated carbocycles. The molecule has 1 aromatic carbocycles. The van der Waals surface area contributed by atoms with Crippen molar-refractivity contribution in [3.05, 3.63) is 23.2 Å². The van der Waals surface area contributed by atoms with Crippen LogP contribution in [0, 0.1) is 0 Å². The summed E-state index contributed by atoms with van der Waals surface area (Å²) in [6, 6.07) is 5.35. The summed E-state index contributed by atoms with van der Waals surface area (Å²) in [6.45, 7) is 2.30. The number of nitrogens with one attached hydrogen (secondary N) is 1. The van der Waals surface area contributed by atoms with Crippen LogP contribution in [0.3, 0.4) is 0 Å². The number of halogens is 1. The van der Waals surface area contributed by atoms with Crippen molar-refractivity contribution in [1.29, 1.82) is 0 Å². The average Bonchev–Trinajstić information content (AvgIpc) is 2.15. The molecule has 86 valence electrons. The minimum atomic E-state index is -0.505. The summed E-state index contributed by atoms with van der Waals surface area (Å²) < 4.78 is 0. The van der Waals surface area contributed by atoms with Crippen LogP contribution < -0.4 is 10.2 Å². The predicted octanol–water partition coefficient (Wildman–Crippen LogP) is 1.48. The average molecular weight is 241 g/mol. The molecule has 4 nitrogen and oxygen atoms in total. The van der Waals surface area contributed by atoms with Gasteiger partial charge in [0.15, 0.2) is 0 Å². The molecule has 1 heterocycles. The number of anilines is 2. The van der Waals surface area contributed by atoms with Crippen LogP contribution in [-0.4, -0.2) is 30.2 Å². The van der Waals surface area contributed by atoms with Gasteiger partial charge < -0.3 is 15.3 Å². The molecule has 1 unspecified atom stereocenters. The van der Waals surface area contributed by atoms with Gasteiger partial charge >= 0.3 is 0 Å². The Labute approximate surface area is 98.8 Å². The largest absolute Gasteiger partial charge is 0.392 e. The first-order valence-electron chi connectivity index (χ1n) is 5.09. The highest BCUT2D eigenvalue weighted by Gasteiger charge is 2.24. The summed E-state index contributed by atoms with van der Waals surface area (Å²) in [5, 5.41) is 12.7. The Morgan fingerprint density at radius 3 is 3.06 bits per heavy atom. The first kappa shape index (κ1) is 11.2. The molecule has 0 saturated heterocycles. The molecule has 1 aliphatic rings. The van der Waals surface area contributed by atoms with Gasteiger partial charge in [-0.25, -0.2) is 0 Å². The van der Waals surface area contributed by atoms with Crippen molar-refractivity contribution < 1.29 is 9.90 Å². The molecule has 2 rings (SSSR count). The zero-order chi connectivity index (χ0) is 11.7. The second kappa shape index (κ2) is 4.31. The van der Waals surface area contributed by atoms with Crippen molar-refractivity contribution >= 4 is 28.9 Å². The molecule has 1 amide bonds. The summed E-state index contributed by atoms with van der Waals surface area (Å²) in [6.07, 6.45) is -0.505. The molecule has 2 N–H and O–H groups in total. The van der Waals surface area contributed by atoms with Crippen LogP contribution in [0.15, 0.2) is 18.2 Å². The molecule has 1 aliphatic heterocycles. The van der Waals surface area contributed by atoms with Crippen molar-refractivity contribution in [2.75, 3.05) is 23.3 Å². The Morgan fingerprint density at radius 2 is 2.38 bits per heavy atom. The van der Waals surface area contributed by atoms with E-state index in [-0.39, 0.29) is 12.5 Å². The number of benzene rings is 1. The first-order chi connectivity index (χ1) is 7.58. The minimum absolute atomic E-state index is 0.0876. The Hall–Kier alpha value is -1.26. The molecule has 0 aromatic heterocycles. The Morgan fingerprint density at radius 1 is 1.62 bits per heavy atom. The second-order valence-corrected chi connectivity index (χ2v) is 4.32. The lowest BCUT2D eigenvalue weighted by atomic mass is 10.2. The smallest absolute Gasteiger partial charge is 0.243 e. The maximum Gasteiger partial charge on any atom is 0.243 e. The monoisotopic (exact) mass is 240 g/mol. The number of carbonyl (C=O) groups excluding carboxylic acids is 1. The Bertz CT molecular complexity index is 420. The van der Waals surface area contributed by atoms with E-state index >= 15 is 0 Å². The lowest BCUT2D eigenvalue weighted by Gasteiger charge is -2.32. The number of carbonyl (C=O) groups is 1. The van der Waals surface area contributed by atoms with Crippen molar-refractivity contribution in [3.8, 4) is 0 Å². The SMILES string of the molecule is CC(O)CN1CC(=O)Nc2cccc(Cl)c21. The molecule has 0 aliphatic carbocycles. The standard InChI is InChI=1S/C11H13ClN2O2/c1-7(15)5-14-6-10(16)13-9-4-2-3-8(12)11(9)14/h2-4,7,15H,5-6H2,1H3,(H,13,16). The molecular formula is C11H13ClN2O2. The summed E-state index contributed by atoms with van der Waals surface area (Å²) in [4.78, 5) is 13.2. The summed E-state index contributed by atoms with van der Waals surface area (Å²) in [7, 11) is 0. The normalized spacial score (nSPS) is 16.7. The summed E-state index contributed by atoms with van der Waals surface area (Å²) in [5.41, 5.74) is 1.48. The van der Waals surface area contributed by atoms with Gasteiger partial charge in [0.25, 0.3) is 0 Å². The van der Waals surface area contributed by atoms with E-state index in [2.05, 4.69) is 5.32 Å². The molecule has 0 fully saturated rings. The number of fused-ring (bicyclic) bond motifs is 1. The lowest BCUT2D eigenvalue weighted by molar-refractivity contribution is -0.115. The fourth-order valence-electron chi connectivity index (χ4n) is 1.85. The maximum absolute atomic E-state index is 11.5. The number of amides is 1. The van der Waals surface area contributed by atoms with Gasteiger partial charge in [-0.15, -0.1) is 0 Å². The summed E-state index contributed by atoms with van der Waals surface area (Å²) >= 11 is 6.09.